The van der Waals surface area contributed by atoms with E-state index in [9.17, 15) is 0 Å². The van der Waals surface area contributed by atoms with E-state index < -0.39 is 0 Å². The Morgan fingerprint density at radius 2 is 1.62 bits per heavy atom. The summed E-state index contributed by atoms with van der Waals surface area (Å²) >= 11 is 0. The summed E-state index contributed by atoms with van der Waals surface area (Å²) in [6, 6.07) is 0. The van der Waals surface area contributed by atoms with Gasteiger partial charge in [-0.25, -0.2) is 0 Å². The Hall–Kier alpha value is -0.120. The molecule has 3 nitrogen and oxygen atoms in total. The van der Waals surface area contributed by atoms with Crippen molar-refractivity contribution in [2.75, 3.05) is 26.4 Å². The predicted molar refractivity (Wildman–Crippen MR) is 62.2 cm³/mol. The van der Waals surface area contributed by atoms with E-state index in [2.05, 4.69) is 19.2 Å². The molecule has 2 heterocycles. The molecule has 1 aliphatic carbocycles. The second-order valence-electron chi connectivity index (χ2n) is 6.79. The van der Waals surface area contributed by atoms with E-state index in [1.165, 1.54) is 12.8 Å². The normalized spacial score (nSPS) is 34.9. The molecule has 0 aromatic rings. The predicted octanol–water partition coefficient (Wildman–Crippen LogP) is 1.92. The van der Waals surface area contributed by atoms with Crippen LogP contribution in [0.2, 0.25) is 0 Å². The summed E-state index contributed by atoms with van der Waals surface area (Å²) in [6.45, 7) is 8.45. The van der Waals surface area contributed by atoms with Crippen molar-refractivity contribution in [1.82, 2.24) is 5.32 Å². The molecule has 16 heavy (non-hydrogen) atoms. The van der Waals surface area contributed by atoms with Crippen LogP contribution >= 0.6 is 0 Å². The zero-order valence-corrected chi connectivity index (χ0v) is 10.5. The molecule has 1 N–H and O–H groups in total. The summed E-state index contributed by atoms with van der Waals surface area (Å²) in [5.41, 5.74) is 0.805. The van der Waals surface area contributed by atoms with Crippen molar-refractivity contribution < 1.29 is 9.47 Å². The van der Waals surface area contributed by atoms with Crippen LogP contribution in [0.3, 0.4) is 0 Å². The minimum Gasteiger partial charge on any atom is -0.380 e. The van der Waals surface area contributed by atoms with Gasteiger partial charge in [0, 0.05) is 6.54 Å². The van der Waals surface area contributed by atoms with Crippen molar-refractivity contribution in [3.8, 4) is 0 Å². The molecule has 0 atom stereocenters. The smallest absolute Gasteiger partial charge is 0.119 e. The van der Waals surface area contributed by atoms with E-state index in [1.807, 2.05) is 0 Å². The highest BCUT2D eigenvalue weighted by atomic mass is 16.5. The Kier molecular flexibility index (Phi) is 2.36. The second kappa shape index (κ2) is 3.44. The van der Waals surface area contributed by atoms with Gasteiger partial charge in [0.05, 0.1) is 25.2 Å². The molecular formula is C13H23NO2. The number of nitrogens with one attached hydrogen (secondary N) is 1. The maximum absolute atomic E-state index is 6.17. The van der Waals surface area contributed by atoms with Gasteiger partial charge in [0.2, 0.25) is 0 Å². The zero-order valence-electron chi connectivity index (χ0n) is 10.5. The molecule has 3 fully saturated rings. The van der Waals surface area contributed by atoms with Crippen LogP contribution in [-0.4, -0.2) is 32.1 Å². The first-order valence-corrected chi connectivity index (χ1v) is 6.50. The average molecular weight is 225 g/mol. The van der Waals surface area contributed by atoms with Gasteiger partial charge in [-0.2, -0.15) is 0 Å². The third-order valence-electron chi connectivity index (χ3n) is 4.67. The molecule has 3 heteroatoms. The third kappa shape index (κ3) is 1.79. The quantitative estimate of drug-likeness (QED) is 0.683. The van der Waals surface area contributed by atoms with E-state index >= 15 is 0 Å². The first kappa shape index (κ1) is 11.0. The Bertz CT molecular complexity index is 262. The summed E-state index contributed by atoms with van der Waals surface area (Å²) in [4.78, 5) is 0. The number of hydrogen-bond donors (Lipinski definition) is 1. The van der Waals surface area contributed by atoms with E-state index in [0.717, 1.165) is 39.2 Å². The van der Waals surface area contributed by atoms with Gasteiger partial charge in [-0.1, -0.05) is 13.8 Å². The van der Waals surface area contributed by atoms with Crippen LogP contribution in [-0.2, 0) is 9.47 Å². The van der Waals surface area contributed by atoms with Crippen LogP contribution in [0, 0.1) is 10.8 Å². The topological polar surface area (TPSA) is 30.5 Å². The van der Waals surface area contributed by atoms with Crippen molar-refractivity contribution in [2.45, 2.75) is 45.3 Å². The van der Waals surface area contributed by atoms with Gasteiger partial charge in [-0.15, -0.1) is 0 Å². The fourth-order valence-corrected chi connectivity index (χ4v) is 2.97. The Labute approximate surface area is 97.9 Å². The molecule has 0 bridgehead atoms. The van der Waals surface area contributed by atoms with Gasteiger partial charge in [0.1, 0.15) is 5.72 Å². The Morgan fingerprint density at radius 1 is 0.938 bits per heavy atom. The van der Waals surface area contributed by atoms with Crippen LogP contribution < -0.4 is 5.32 Å². The molecule has 0 radical (unpaired) electrons. The van der Waals surface area contributed by atoms with E-state index in [4.69, 9.17) is 9.47 Å². The summed E-state index contributed by atoms with van der Waals surface area (Å²) < 4.78 is 11.5. The van der Waals surface area contributed by atoms with Crippen LogP contribution in [0.25, 0.3) is 0 Å². The van der Waals surface area contributed by atoms with Crippen molar-refractivity contribution in [1.29, 1.82) is 0 Å². The summed E-state index contributed by atoms with van der Waals surface area (Å²) in [5, 5.41) is 3.66. The molecule has 1 saturated carbocycles. The highest BCUT2D eigenvalue weighted by Crippen LogP contribution is 2.44. The van der Waals surface area contributed by atoms with Crippen LogP contribution in [0.1, 0.15) is 39.5 Å². The molecule has 0 unspecified atom stereocenters. The van der Waals surface area contributed by atoms with Crippen LogP contribution in [0.15, 0.2) is 0 Å². The summed E-state index contributed by atoms with van der Waals surface area (Å²) in [6.07, 6.45) is 4.86. The van der Waals surface area contributed by atoms with Crippen molar-refractivity contribution >= 4 is 0 Å². The van der Waals surface area contributed by atoms with Crippen LogP contribution in [0.5, 0.6) is 0 Å². The lowest BCUT2D eigenvalue weighted by molar-refractivity contribution is -0.233. The highest BCUT2D eigenvalue weighted by Gasteiger charge is 2.49. The Morgan fingerprint density at radius 3 is 2.06 bits per heavy atom. The summed E-state index contributed by atoms with van der Waals surface area (Å²) in [5.74, 6) is 0. The minimum atomic E-state index is -0.00361. The van der Waals surface area contributed by atoms with Gasteiger partial charge >= 0.3 is 0 Å². The van der Waals surface area contributed by atoms with Gasteiger partial charge in [0.15, 0.2) is 0 Å². The van der Waals surface area contributed by atoms with E-state index in [1.54, 1.807) is 0 Å². The second-order valence-corrected chi connectivity index (χ2v) is 6.79. The molecular weight excluding hydrogens is 202 g/mol. The lowest BCUT2D eigenvalue weighted by Gasteiger charge is -2.53. The number of hydrogen-bond acceptors (Lipinski definition) is 3. The molecule has 2 saturated heterocycles. The maximum Gasteiger partial charge on any atom is 0.119 e. The minimum absolute atomic E-state index is 0.00361. The van der Waals surface area contributed by atoms with E-state index in [0.29, 0.717) is 10.8 Å². The molecule has 3 rings (SSSR count). The monoisotopic (exact) mass is 225 g/mol. The van der Waals surface area contributed by atoms with Gasteiger partial charge in [0.25, 0.3) is 0 Å². The standard InChI is InChI=1S/C13H23NO2/c1-11(2)3-5-13(6-4-11)14-7-12(10-16-13)8-15-9-12/h14H,3-10H2,1-2H3. The highest BCUT2D eigenvalue weighted by molar-refractivity contribution is 4.98. The SMILES string of the molecule is CC1(C)CCC2(CC1)NCC1(COC1)CO2. The van der Waals surface area contributed by atoms with Crippen LogP contribution in [0.4, 0.5) is 0 Å². The maximum atomic E-state index is 6.17. The van der Waals surface area contributed by atoms with E-state index in [-0.39, 0.29) is 5.72 Å². The zero-order chi connectivity index (χ0) is 11.3. The molecule has 0 aromatic heterocycles. The van der Waals surface area contributed by atoms with Gasteiger partial charge < -0.3 is 9.47 Å². The molecule has 2 aliphatic heterocycles. The lowest BCUT2D eigenvalue weighted by Crippen LogP contribution is -2.65. The summed E-state index contributed by atoms with van der Waals surface area (Å²) in [7, 11) is 0. The third-order valence-corrected chi connectivity index (χ3v) is 4.67. The number of ether oxygens (including phenoxy) is 2. The molecule has 92 valence electrons. The lowest BCUT2D eigenvalue weighted by atomic mass is 9.72. The Balaban J connectivity index is 1.60. The molecule has 3 aliphatic rings. The van der Waals surface area contributed by atoms with Crippen molar-refractivity contribution in [2.24, 2.45) is 10.8 Å². The fraction of sp³-hybridized carbons (Fsp3) is 1.00. The first-order chi connectivity index (χ1) is 7.54. The fourth-order valence-electron chi connectivity index (χ4n) is 2.97. The van der Waals surface area contributed by atoms with Gasteiger partial charge in [-0.3, -0.25) is 5.32 Å². The largest absolute Gasteiger partial charge is 0.380 e. The number of rotatable bonds is 0. The molecule has 0 aromatic carbocycles. The average Bonchev–Trinajstić information content (AvgIpc) is 2.22. The first-order valence-electron chi connectivity index (χ1n) is 6.50. The molecule has 0 amide bonds. The molecule has 2 spiro atoms. The van der Waals surface area contributed by atoms with Crippen molar-refractivity contribution in [3.63, 3.8) is 0 Å². The van der Waals surface area contributed by atoms with Gasteiger partial charge in [-0.05, 0) is 31.1 Å². The van der Waals surface area contributed by atoms with Crippen molar-refractivity contribution in [3.05, 3.63) is 0 Å².